The van der Waals surface area contributed by atoms with Crippen LogP contribution in [0.15, 0.2) is 66.7 Å². The van der Waals surface area contributed by atoms with Gasteiger partial charge in [0.25, 0.3) is 5.91 Å². The van der Waals surface area contributed by atoms with E-state index in [0.29, 0.717) is 12.3 Å². The first-order valence-electron chi connectivity index (χ1n) is 11.9. The van der Waals surface area contributed by atoms with E-state index >= 15 is 0 Å². The van der Waals surface area contributed by atoms with Crippen LogP contribution in [-0.4, -0.2) is 71.1 Å². The smallest absolute Gasteiger partial charge is 0.341 e. The minimum absolute atomic E-state index is 0.0137. The predicted molar refractivity (Wildman–Crippen MR) is 139 cm³/mol. The van der Waals surface area contributed by atoms with E-state index in [1.54, 1.807) is 6.07 Å². The Labute approximate surface area is 220 Å². The molecule has 0 fully saturated rings. The molecule has 0 aromatic heterocycles. The maximum atomic E-state index is 11.6. The van der Waals surface area contributed by atoms with E-state index in [2.05, 4.69) is 4.74 Å². The van der Waals surface area contributed by atoms with Gasteiger partial charge in [-0.3, -0.25) is 9.69 Å². The van der Waals surface area contributed by atoms with Crippen LogP contribution in [-0.2, 0) is 11.3 Å². The van der Waals surface area contributed by atoms with E-state index in [0.717, 1.165) is 5.56 Å². The molecule has 38 heavy (non-hydrogen) atoms. The molecule has 0 saturated heterocycles. The third-order valence-electron chi connectivity index (χ3n) is 5.84. The van der Waals surface area contributed by atoms with Crippen molar-refractivity contribution >= 4 is 11.9 Å². The summed E-state index contributed by atoms with van der Waals surface area (Å²) in [5.74, 6) is -1.27. The molecule has 0 aliphatic heterocycles. The molecule has 0 bridgehead atoms. The van der Waals surface area contributed by atoms with Gasteiger partial charge in [-0.15, -0.1) is 0 Å². The summed E-state index contributed by atoms with van der Waals surface area (Å²) in [6.07, 6.45) is -0.890. The topological polar surface area (TPSA) is 152 Å². The molecular formula is C28H32N2O8. The predicted octanol–water partition coefficient (Wildman–Crippen LogP) is 2.69. The van der Waals surface area contributed by atoms with Crippen molar-refractivity contribution < 1.29 is 39.1 Å². The Morgan fingerprint density at radius 1 is 0.895 bits per heavy atom. The van der Waals surface area contributed by atoms with Crippen LogP contribution in [0, 0.1) is 0 Å². The monoisotopic (exact) mass is 524 g/mol. The molecule has 3 aromatic carbocycles. The van der Waals surface area contributed by atoms with Gasteiger partial charge >= 0.3 is 5.97 Å². The molecule has 10 nitrogen and oxygen atoms in total. The number of hydrogen-bond donors (Lipinski definition) is 4. The second-order valence-corrected chi connectivity index (χ2v) is 8.75. The summed E-state index contributed by atoms with van der Waals surface area (Å²) in [5, 5.41) is 30.6. The molecule has 0 spiro atoms. The molecule has 0 heterocycles. The Hall–Kier alpha value is -4.28. The molecule has 10 heteroatoms. The number of carbonyl (C=O) groups excluding carboxylic acids is 2. The second kappa shape index (κ2) is 13.3. The summed E-state index contributed by atoms with van der Waals surface area (Å²) in [6, 6.07) is 18.0. The van der Waals surface area contributed by atoms with Gasteiger partial charge in [-0.25, -0.2) is 4.79 Å². The zero-order valence-corrected chi connectivity index (χ0v) is 21.2. The SMILES string of the molecule is COC(=O)c1ccc(OCC(O)CN(Cc2ccccc2)C(C)COc2ccc(O)c(C(N)=O)c2)cc1O. The van der Waals surface area contributed by atoms with Gasteiger partial charge in [0.1, 0.15) is 47.9 Å². The van der Waals surface area contributed by atoms with Crippen molar-refractivity contribution in [3.8, 4) is 23.0 Å². The minimum atomic E-state index is -0.890. The number of carbonyl (C=O) groups is 2. The van der Waals surface area contributed by atoms with E-state index in [1.165, 1.54) is 37.4 Å². The lowest BCUT2D eigenvalue weighted by molar-refractivity contribution is 0.0409. The number of aromatic hydroxyl groups is 2. The summed E-state index contributed by atoms with van der Waals surface area (Å²) >= 11 is 0. The van der Waals surface area contributed by atoms with Gasteiger partial charge in [-0.2, -0.15) is 0 Å². The second-order valence-electron chi connectivity index (χ2n) is 8.75. The number of rotatable bonds is 13. The highest BCUT2D eigenvalue weighted by Crippen LogP contribution is 2.25. The fourth-order valence-corrected chi connectivity index (χ4v) is 3.74. The molecule has 2 unspecified atom stereocenters. The van der Waals surface area contributed by atoms with Crippen molar-refractivity contribution in [2.75, 3.05) is 26.9 Å². The van der Waals surface area contributed by atoms with Crippen molar-refractivity contribution in [2.45, 2.75) is 25.6 Å². The van der Waals surface area contributed by atoms with Crippen LogP contribution in [0.3, 0.4) is 0 Å². The number of methoxy groups -OCH3 is 1. The van der Waals surface area contributed by atoms with E-state index in [9.17, 15) is 24.9 Å². The lowest BCUT2D eigenvalue weighted by atomic mass is 10.1. The quantitative estimate of drug-likeness (QED) is 0.247. The van der Waals surface area contributed by atoms with Crippen molar-refractivity contribution in [1.82, 2.24) is 4.90 Å². The number of aliphatic hydroxyl groups is 1. The molecule has 0 aliphatic rings. The maximum Gasteiger partial charge on any atom is 0.341 e. The fourth-order valence-electron chi connectivity index (χ4n) is 3.74. The van der Waals surface area contributed by atoms with Gasteiger partial charge in [0.15, 0.2) is 0 Å². The molecule has 0 aliphatic carbocycles. The third kappa shape index (κ3) is 7.86. The van der Waals surface area contributed by atoms with Crippen LogP contribution in [0.5, 0.6) is 23.0 Å². The van der Waals surface area contributed by atoms with Crippen molar-refractivity contribution in [2.24, 2.45) is 5.73 Å². The minimum Gasteiger partial charge on any atom is -0.507 e. The molecule has 0 radical (unpaired) electrons. The van der Waals surface area contributed by atoms with E-state index in [1.807, 2.05) is 42.2 Å². The van der Waals surface area contributed by atoms with Gasteiger partial charge < -0.3 is 35.3 Å². The van der Waals surface area contributed by atoms with Gasteiger partial charge in [0.2, 0.25) is 0 Å². The molecule has 5 N–H and O–H groups in total. The molecule has 3 rings (SSSR count). The maximum absolute atomic E-state index is 11.6. The standard InChI is InChI=1S/C28H32N2O8/c1-18(16-37-21-9-11-25(32)24(12-21)27(29)34)30(14-19-6-4-3-5-7-19)15-20(31)17-38-22-8-10-23(26(33)13-22)28(35)36-2/h3-13,18,20,31-33H,14-17H2,1-2H3,(H2,29,34). The normalized spacial score (nSPS) is 12.5. The lowest BCUT2D eigenvalue weighted by Gasteiger charge is -2.31. The first-order chi connectivity index (χ1) is 18.2. The number of phenols is 2. The van der Waals surface area contributed by atoms with E-state index < -0.39 is 18.0 Å². The number of primary amides is 1. The fraction of sp³-hybridized carbons (Fsp3) is 0.286. The summed E-state index contributed by atoms with van der Waals surface area (Å²) in [6.45, 7) is 2.88. The molecule has 202 valence electrons. The van der Waals surface area contributed by atoms with E-state index in [-0.39, 0.29) is 54.2 Å². The first-order valence-corrected chi connectivity index (χ1v) is 11.9. The average molecular weight is 525 g/mol. The van der Waals surface area contributed by atoms with Gasteiger partial charge in [0, 0.05) is 25.2 Å². The number of ether oxygens (including phenoxy) is 3. The number of phenolic OH excluding ortho intramolecular Hbond substituents is 1. The highest BCUT2D eigenvalue weighted by atomic mass is 16.5. The van der Waals surface area contributed by atoms with Crippen LogP contribution in [0.2, 0.25) is 0 Å². The van der Waals surface area contributed by atoms with Gasteiger partial charge in [-0.1, -0.05) is 30.3 Å². The first kappa shape index (κ1) is 28.3. The molecular weight excluding hydrogens is 492 g/mol. The number of nitrogens with zero attached hydrogens (tertiary/aromatic N) is 1. The van der Waals surface area contributed by atoms with Crippen molar-refractivity contribution in [3.63, 3.8) is 0 Å². The van der Waals surface area contributed by atoms with Crippen LogP contribution < -0.4 is 15.2 Å². The van der Waals surface area contributed by atoms with Crippen molar-refractivity contribution in [3.05, 3.63) is 83.4 Å². The number of esters is 1. The summed E-state index contributed by atoms with van der Waals surface area (Å²) < 4.78 is 16.1. The third-order valence-corrected chi connectivity index (χ3v) is 5.84. The highest BCUT2D eigenvalue weighted by Gasteiger charge is 2.20. The number of benzene rings is 3. The number of nitrogens with two attached hydrogens (primary N) is 1. The van der Waals surface area contributed by atoms with Crippen LogP contribution >= 0.6 is 0 Å². The summed E-state index contributed by atoms with van der Waals surface area (Å²) in [5.41, 5.74) is 6.32. The Bertz CT molecular complexity index is 1230. The molecule has 3 aromatic rings. The zero-order valence-electron chi connectivity index (χ0n) is 21.2. The Morgan fingerprint density at radius 3 is 2.21 bits per heavy atom. The van der Waals surface area contributed by atoms with Crippen molar-refractivity contribution in [1.29, 1.82) is 0 Å². The Kier molecular flexibility index (Phi) is 9.92. The Morgan fingerprint density at radius 2 is 1.55 bits per heavy atom. The zero-order chi connectivity index (χ0) is 27.7. The number of aliphatic hydroxyl groups excluding tert-OH is 1. The number of hydrogen-bond acceptors (Lipinski definition) is 9. The molecule has 2 atom stereocenters. The highest BCUT2D eigenvalue weighted by molar-refractivity contribution is 5.96. The Balaban J connectivity index is 1.64. The van der Waals surface area contributed by atoms with Gasteiger partial charge in [-0.05, 0) is 42.8 Å². The van der Waals surface area contributed by atoms with Crippen LogP contribution in [0.25, 0.3) is 0 Å². The molecule has 1 amide bonds. The lowest BCUT2D eigenvalue weighted by Crippen LogP contribution is -2.43. The molecule has 0 saturated carbocycles. The van der Waals surface area contributed by atoms with E-state index in [4.69, 9.17) is 15.2 Å². The summed E-state index contributed by atoms with van der Waals surface area (Å²) in [4.78, 5) is 25.2. The van der Waals surface area contributed by atoms with Gasteiger partial charge in [0.05, 0.1) is 12.7 Å². The number of amides is 1. The largest absolute Gasteiger partial charge is 0.507 e. The summed E-state index contributed by atoms with van der Waals surface area (Å²) in [7, 11) is 1.22. The van der Waals surface area contributed by atoms with Crippen LogP contribution in [0.1, 0.15) is 33.2 Å². The van der Waals surface area contributed by atoms with Crippen LogP contribution in [0.4, 0.5) is 0 Å². The average Bonchev–Trinajstić information content (AvgIpc) is 2.91.